The number of alkyl halides is 1. The van der Waals surface area contributed by atoms with Crippen LogP contribution in [-0.4, -0.2) is 9.58 Å². The smallest absolute Gasteiger partial charge is 0.334 e. The molecule has 0 aromatic carbocycles. The highest BCUT2D eigenvalue weighted by Gasteiger charge is 2.70. The molecule has 2 rings (SSSR count). The number of rotatable bonds is 2. The number of hydrogen-bond acceptors (Lipinski definition) is 2. The number of carbonyl (C=O) groups is 1. The molecular formula is C14H21IO2. The normalized spacial score (nSPS) is 42.5. The molecule has 2 bridgehead atoms. The molecule has 2 aliphatic rings. The zero-order valence-corrected chi connectivity index (χ0v) is 13.3. The van der Waals surface area contributed by atoms with Crippen LogP contribution in [0.5, 0.6) is 0 Å². The number of carbonyl (C=O) groups excluding carboxylic acids is 1. The molecule has 2 saturated carbocycles. The lowest BCUT2D eigenvalue weighted by Crippen LogP contribution is -2.52. The predicted octanol–water partition coefficient (Wildman–Crippen LogP) is 4.08. The summed E-state index contributed by atoms with van der Waals surface area (Å²) in [6, 6.07) is 0. The summed E-state index contributed by atoms with van der Waals surface area (Å²) in [5, 5.41) is 0. The summed E-state index contributed by atoms with van der Waals surface area (Å²) in [5.41, 5.74) is 0.654. The van der Waals surface area contributed by atoms with Crippen LogP contribution in [0.25, 0.3) is 0 Å². The van der Waals surface area contributed by atoms with Gasteiger partial charge in [0, 0.05) is 16.4 Å². The van der Waals surface area contributed by atoms with Gasteiger partial charge in [-0.25, -0.2) is 4.79 Å². The topological polar surface area (TPSA) is 26.3 Å². The van der Waals surface area contributed by atoms with Crippen molar-refractivity contribution in [1.82, 2.24) is 0 Å². The first-order chi connectivity index (χ1) is 7.64. The molecule has 2 fully saturated rings. The number of hydrogen-bond donors (Lipinski definition) is 0. The van der Waals surface area contributed by atoms with Crippen LogP contribution in [0, 0.1) is 16.7 Å². The van der Waals surface area contributed by atoms with E-state index >= 15 is 0 Å². The number of halogens is 1. The Labute approximate surface area is 117 Å². The summed E-state index contributed by atoms with van der Waals surface area (Å²) in [6.07, 6.45) is 3.60. The lowest BCUT2D eigenvalue weighted by Gasteiger charge is -2.49. The molecule has 2 nitrogen and oxygen atoms in total. The van der Waals surface area contributed by atoms with Crippen molar-refractivity contribution in [3.05, 3.63) is 12.2 Å². The fourth-order valence-electron chi connectivity index (χ4n) is 3.66. The first kappa shape index (κ1) is 13.4. The molecule has 2 aliphatic carbocycles. The van der Waals surface area contributed by atoms with E-state index in [-0.39, 0.29) is 16.8 Å². The van der Waals surface area contributed by atoms with E-state index in [0.29, 0.717) is 11.5 Å². The van der Waals surface area contributed by atoms with Crippen LogP contribution in [0.4, 0.5) is 0 Å². The minimum atomic E-state index is -0.392. The summed E-state index contributed by atoms with van der Waals surface area (Å²) < 4.78 is 5.47. The minimum Gasteiger partial charge on any atom is -0.444 e. The summed E-state index contributed by atoms with van der Waals surface area (Å²) in [4.78, 5) is 11.9. The van der Waals surface area contributed by atoms with Gasteiger partial charge in [0.25, 0.3) is 0 Å². The minimum absolute atomic E-state index is 0.0473. The molecule has 0 aromatic heterocycles. The SMILES string of the molecule is C=C(C)C(=O)OC1(I)C2(C)CCC(C2)C1(C)C. The van der Waals surface area contributed by atoms with Crippen LogP contribution in [0.15, 0.2) is 12.2 Å². The van der Waals surface area contributed by atoms with Gasteiger partial charge in [0.1, 0.15) is 0 Å². The molecule has 96 valence electrons. The third-order valence-corrected chi connectivity index (χ3v) is 7.86. The quantitative estimate of drug-likeness (QED) is 0.325. The van der Waals surface area contributed by atoms with E-state index in [1.54, 1.807) is 6.92 Å². The van der Waals surface area contributed by atoms with Crippen LogP contribution in [0.2, 0.25) is 0 Å². The van der Waals surface area contributed by atoms with Crippen LogP contribution >= 0.6 is 22.6 Å². The van der Waals surface area contributed by atoms with Crippen molar-refractivity contribution in [3.63, 3.8) is 0 Å². The molecule has 0 saturated heterocycles. The van der Waals surface area contributed by atoms with Gasteiger partial charge in [0.05, 0.1) is 0 Å². The van der Waals surface area contributed by atoms with E-state index in [9.17, 15) is 4.79 Å². The second-order valence-electron chi connectivity index (χ2n) is 6.49. The molecule has 0 spiro atoms. The Hall–Kier alpha value is -0.0600. The van der Waals surface area contributed by atoms with Gasteiger partial charge in [-0.1, -0.05) is 27.4 Å². The first-order valence-electron chi connectivity index (χ1n) is 6.22. The Balaban J connectivity index is 2.35. The van der Waals surface area contributed by atoms with E-state index in [1.807, 2.05) is 0 Å². The van der Waals surface area contributed by atoms with E-state index in [1.165, 1.54) is 12.8 Å². The highest BCUT2D eigenvalue weighted by Crippen LogP contribution is 2.72. The molecule has 0 heterocycles. The van der Waals surface area contributed by atoms with Gasteiger partial charge < -0.3 is 4.74 Å². The maximum Gasteiger partial charge on any atom is 0.334 e. The molecule has 0 aromatic rings. The standard InChI is InChI=1S/C14H21IO2/c1-9(2)11(16)17-14(15)12(3,4)10-6-7-13(14,5)8-10/h10H,1,6-8H2,2-5H3. The Kier molecular flexibility index (Phi) is 2.92. The van der Waals surface area contributed by atoms with Gasteiger partial charge in [-0.05, 0) is 54.7 Å². The molecular weight excluding hydrogens is 327 g/mol. The average molecular weight is 348 g/mol. The molecule has 0 aliphatic heterocycles. The number of fused-ring (bicyclic) bond motifs is 2. The van der Waals surface area contributed by atoms with Crippen LogP contribution in [-0.2, 0) is 9.53 Å². The Morgan fingerprint density at radius 3 is 2.41 bits per heavy atom. The maximum absolute atomic E-state index is 11.9. The average Bonchev–Trinajstić information content (AvgIpc) is 2.66. The van der Waals surface area contributed by atoms with Gasteiger partial charge in [0.2, 0.25) is 0 Å². The Morgan fingerprint density at radius 2 is 2.00 bits per heavy atom. The van der Waals surface area contributed by atoms with Crippen molar-refractivity contribution in [1.29, 1.82) is 0 Å². The number of esters is 1. The van der Waals surface area contributed by atoms with Gasteiger partial charge in [-0.15, -0.1) is 0 Å². The molecule has 0 radical (unpaired) electrons. The maximum atomic E-state index is 11.9. The molecule has 17 heavy (non-hydrogen) atoms. The highest BCUT2D eigenvalue weighted by molar-refractivity contribution is 14.1. The van der Waals surface area contributed by atoms with E-state index in [4.69, 9.17) is 4.74 Å². The van der Waals surface area contributed by atoms with E-state index in [0.717, 1.165) is 6.42 Å². The lowest BCUT2D eigenvalue weighted by molar-refractivity contribution is -0.163. The third kappa shape index (κ3) is 1.60. The van der Waals surface area contributed by atoms with Crippen LogP contribution < -0.4 is 0 Å². The Bertz CT molecular complexity index is 381. The van der Waals surface area contributed by atoms with Crippen molar-refractivity contribution in [2.24, 2.45) is 16.7 Å². The Morgan fingerprint density at radius 1 is 1.41 bits per heavy atom. The van der Waals surface area contributed by atoms with Gasteiger partial charge in [0.15, 0.2) is 3.61 Å². The van der Waals surface area contributed by atoms with Gasteiger partial charge >= 0.3 is 5.97 Å². The first-order valence-corrected chi connectivity index (χ1v) is 7.30. The van der Waals surface area contributed by atoms with Crippen molar-refractivity contribution < 1.29 is 9.53 Å². The monoisotopic (exact) mass is 348 g/mol. The second-order valence-corrected chi connectivity index (χ2v) is 8.01. The fourth-order valence-corrected chi connectivity index (χ4v) is 4.79. The highest BCUT2D eigenvalue weighted by atomic mass is 127. The zero-order chi connectivity index (χ0) is 13.1. The van der Waals surface area contributed by atoms with E-state index in [2.05, 4.69) is 49.9 Å². The van der Waals surface area contributed by atoms with Crippen molar-refractivity contribution >= 4 is 28.6 Å². The third-order valence-electron chi connectivity index (χ3n) is 4.95. The largest absolute Gasteiger partial charge is 0.444 e. The van der Waals surface area contributed by atoms with Crippen molar-refractivity contribution in [3.8, 4) is 0 Å². The summed E-state index contributed by atoms with van der Waals surface area (Å²) in [6.45, 7) is 12.1. The predicted molar refractivity (Wildman–Crippen MR) is 76.9 cm³/mol. The van der Waals surface area contributed by atoms with E-state index < -0.39 is 3.61 Å². The van der Waals surface area contributed by atoms with Crippen LogP contribution in [0.3, 0.4) is 0 Å². The van der Waals surface area contributed by atoms with Gasteiger partial charge in [-0.2, -0.15) is 0 Å². The van der Waals surface area contributed by atoms with Gasteiger partial charge in [-0.3, -0.25) is 0 Å². The molecule has 3 unspecified atom stereocenters. The molecule has 0 N–H and O–H groups in total. The lowest BCUT2D eigenvalue weighted by atomic mass is 9.70. The van der Waals surface area contributed by atoms with Crippen molar-refractivity contribution in [2.45, 2.75) is 50.6 Å². The molecule has 0 amide bonds. The molecule has 3 heteroatoms. The summed E-state index contributed by atoms with van der Waals surface area (Å²) in [5.74, 6) is 0.420. The second kappa shape index (κ2) is 3.72. The van der Waals surface area contributed by atoms with Crippen LogP contribution in [0.1, 0.15) is 47.0 Å². The zero-order valence-electron chi connectivity index (χ0n) is 11.1. The number of ether oxygens (including phenoxy) is 1. The summed E-state index contributed by atoms with van der Waals surface area (Å²) in [7, 11) is 0. The molecule has 3 atom stereocenters. The summed E-state index contributed by atoms with van der Waals surface area (Å²) >= 11 is 2.38. The fraction of sp³-hybridized carbons (Fsp3) is 0.786. The van der Waals surface area contributed by atoms with Crippen molar-refractivity contribution in [2.75, 3.05) is 0 Å².